The van der Waals surface area contributed by atoms with Gasteiger partial charge < -0.3 is 16.0 Å². The van der Waals surface area contributed by atoms with Gasteiger partial charge >= 0.3 is 0 Å². The van der Waals surface area contributed by atoms with Crippen molar-refractivity contribution in [3.05, 3.63) is 0 Å². The monoisotopic (exact) mass is 267 g/mol. The van der Waals surface area contributed by atoms with Gasteiger partial charge in [-0.3, -0.25) is 9.59 Å². The minimum atomic E-state index is -0.405. The maximum Gasteiger partial charge on any atom is 0.237 e. The van der Waals surface area contributed by atoms with E-state index in [2.05, 4.69) is 12.2 Å². The number of nitrogens with zero attached hydrogens (tertiary/aromatic N) is 1. The van der Waals surface area contributed by atoms with E-state index in [1.165, 1.54) is 0 Å². The average molecular weight is 267 g/mol. The van der Waals surface area contributed by atoms with E-state index in [-0.39, 0.29) is 23.9 Å². The number of rotatable bonds is 5. The Morgan fingerprint density at radius 3 is 2.53 bits per heavy atom. The third kappa shape index (κ3) is 2.91. The second-order valence-corrected chi connectivity index (χ2v) is 5.90. The van der Waals surface area contributed by atoms with Gasteiger partial charge in [0.15, 0.2) is 0 Å². The molecule has 1 aliphatic heterocycles. The molecule has 0 aromatic heterocycles. The molecule has 19 heavy (non-hydrogen) atoms. The zero-order valence-electron chi connectivity index (χ0n) is 11.8. The van der Waals surface area contributed by atoms with E-state index in [1.807, 2.05) is 0 Å². The van der Waals surface area contributed by atoms with Gasteiger partial charge in [0, 0.05) is 12.6 Å². The molecule has 3 N–H and O–H groups in total. The standard InChI is InChI=1S/C14H25N3O2/c1-2-14(7-8-16-10-14)13(19)17(9-12(15)18)11-5-3-4-6-11/h11,16H,2-10H2,1H3,(H2,15,18). The fraction of sp³-hybridized carbons (Fsp3) is 0.857. The second-order valence-electron chi connectivity index (χ2n) is 5.90. The summed E-state index contributed by atoms with van der Waals surface area (Å²) in [6, 6.07) is 0.212. The summed E-state index contributed by atoms with van der Waals surface area (Å²) in [5.74, 6) is -0.275. The normalized spacial score (nSPS) is 27.6. The number of hydrogen-bond acceptors (Lipinski definition) is 3. The van der Waals surface area contributed by atoms with Crippen molar-refractivity contribution in [3.63, 3.8) is 0 Å². The summed E-state index contributed by atoms with van der Waals surface area (Å²) in [5.41, 5.74) is 5.01. The highest BCUT2D eigenvalue weighted by molar-refractivity contribution is 5.88. The number of carbonyl (C=O) groups excluding carboxylic acids is 2. The maximum absolute atomic E-state index is 12.9. The fourth-order valence-corrected chi connectivity index (χ4v) is 3.43. The van der Waals surface area contributed by atoms with Crippen molar-refractivity contribution in [2.24, 2.45) is 11.1 Å². The van der Waals surface area contributed by atoms with Crippen molar-refractivity contribution in [1.82, 2.24) is 10.2 Å². The summed E-state index contributed by atoms with van der Waals surface area (Å²) in [6.45, 7) is 3.74. The van der Waals surface area contributed by atoms with E-state index in [0.29, 0.717) is 0 Å². The van der Waals surface area contributed by atoms with Crippen LogP contribution in [-0.4, -0.2) is 42.4 Å². The number of primary amides is 1. The molecule has 2 amide bonds. The molecule has 1 aliphatic carbocycles. The van der Waals surface area contributed by atoms with Crippen LogP contribution < -0.4 is 11.1 Å². The largest absolute Gasteiger partial charge is 0.368 e. The summed E-state index contributed by atoms with van der Waals surface area (Å²) < 4.78 is 0. The third-order valence-corrected chi connectivity index (χ3v) is 4.73. The summed E-state index contributed by atoms with van der Waals surface area (Å²) in [5, 5.41) is 3.28. The number of hydrogen-bond donors (Lipinski definition) is 2. The van der Waals surface area contributed by atoms with Gasteiger partial charge in [-0.25, -0.2) is 0 Å². The molecule has 2 rings (SSSR count). The quantitative estimate of drug-likeness (QED) is 0.767. The molecule has 2 aliphatic rings. The van der Waals surface area contributed by atoms with Crippen molar-refractivity contribution < 1.29 is 9.59 Å². The van der Waals surface area contributed by atoms with E-state index in [1.54, 1.807) is 4.90 Å². The van der Waals surface area contributed by atoms with Crippen LogP contribution in [-0.2, 0) is 9.59 Å². The van der Waals surface area contributed by atoms with Crippen LogP contribution in [0.4, 0.5) is 0 Å². The third-order valence-electron chi connectivity index (χ3n) is 4.73. The Morgan fingerprint density at radius 1 is 1.37 bits per heavy atom. The van der Waals surface area contributed by atoms with Gasteiger partial charge in [0.1, 0.15) is 0 Å². The molecule has 108 valence electrons. The van der Waals surface area contributed by atoms with Crippen LogP contribution in [0.2, 0.25) is 0 Å². The number of carbonyl (C=O) groups is 2. The van der Waals surface area contributed by atoms with Crippen molar-refractivity contribution in [1.29, 1.82) is 0 Å². The minimum Gasteiger partial charge on any atom is -0.368 e. The van der Waals surface area contributed by atoms with Crippen LogP contribution in [0.3, 0.4) is 0 Å². The smallest absolute Gasteiger partial charge is 0.237 e. The Morgan fingerprint density at radius 2 is 2.05 bits per heavy atom. The Labute approximate surface area is 114 Å². The van der Waals surface area contributed by atoms with Crippen LogP contribution in [0.5, 0.6) is 0 Å². The van der Waals surface area contributed by atoms with Gasteiger partial charge in [-0.1, -0.05) is 19.8 Å². The van der Waals surface area contributed by atoms with Crippen molar-refractivity contribution in [3.8, 4) is 0 Å². The lowest BCUT2D eigenvalue weighted by atomic mass is 9.82. The summed E-state index contributed by atoms with van der Waals surface area (Å²) in [4.78, 5) is 26.0. The van der Waals surface area contributed by atoms with E-state index in [4.69, 9.17) is 5.73 Å². The van der Waals surface area contributed by atoms with Gasteiger partial charge in [-0.2, -0.15) is 0 Å². The molecule has 1 saturated heterocycles. The fourth-order valence-electron chi connectivity index (χ4n) is 3.43. The molecule has 0 bridgehead atoms. The first-order valence-electron chi connectivity index (χ1n) is 7.39. The molecule has 0 aromatic rings. The lowest BCUT2D eigenvalue weighted by Gasteiger charge is -2.36. The molecule has 1 saturated carbocycles. The molecule has 1 atom stereocenters. The Hall–Kier alpha value is -1.10. The van der Waals surface area contributed by atoms with Gasteiger partial charge in [-0.05, 0) is 32.2 Å². The molecule has 0 radical (unpaired) electrons. The highest BCUT2D eigenvalue weighted by Crippen LogP contribution is 2.34. The first kappa shape index (κ1) is 14.3. The summed E-state index contributed by atoms with van der Waals surface area (Å²) >= 11 is 0. The molecule has 1 heterocycles. The molecule has 5 nitrogen and oxygen atoms in total. The van der Waals surface area contributed by atoms with E-state index < -0.39 is 5.91 Å². The summed E-state index contributed by atoms with van der Waals surface area (Å²) in [7, 11) is 0. The highest BCUT2D eigenvalue weighted by Gasteiger charge is 2.44. The van der Waals surface area contributed by atoms with Gasteiger partial charge in [0.2, 0.25) is 11.8 Å². The van der Waals surface area contributed by atoms with Crippen LogP contribution in [0.25, 0.3) is 0 Å². The van der Waals surface area contributed by atoms with E-state index in [9.17, 15) is 9.59 Å². The first-order valence-corrected chi connectivity index (χ1v) is 7.39. The second kappa shape index (κ2) is 5.90. The van der Waals surface area contributed by atoms with Crippen LogP contribution in [0.15, 0.2) is 0 Å². The lowest BCUT2D eigenvalue weighted by Crippen LogP contribution is -2.51. The van der Waals surface area contributed by atoms with E-state index in [0.717, 1.165) is 51.6 Å². The first-order chi connectivity index (χ1) is 9.09. The summed E-state index contributed by atoms with van der Waals surface area (Å²) in [6.07, 6.45) is 5.98. The van der Waals surface area contributed by atoms with Crippen molar-refractivity contribution in [2.75, 3.05) is 19.6 Å². The molecule has 2 fully saturated rings. The van der Waals surface area contributed by atoms with Crippen LogP contribution in [0.1, 0.15) is 45.4 Å². The zero-order valence-corrected chi connectivity index (χ0v) is 11.8. The number of nitrogens with one attached hydrogen (secondary N) is 1. The Bertz CT molecular complexity index is 345. The van der Waals surface area contributed by atoms with E-state index >= 15 is 0 Å². The minimum absolute atomic E-state index is 0.0747. The van der Waals surface area contributed by atoms with Crippen LogP contribution in [0, 0.1) is 5.41 Å². The molecule has 0 aromatic carbocycles. The molecular formula is C14H25N3O2. The number of nitrogens with two attached hydrogens (primary N) is 1. The van der Waals surface area contributed by atoms with Gasteiger partial charge in [0.25, 0.3) is 0 Å². The SMILES string of the molecule is CCC1(C(=O)N(CC(N)=O)C2CCCC2)CCNC1. The topological polar surface area (TPSA) is 75.4 Å². The van der Waals surface area contributed by atoms with Crippen molar-refractivity contribution in [2.45, 2.75) is 51.5 Å². The molecule has 1 unspecified atom stereocenters. The molecule has 0 spiro atoms. The molecule has 5 heteroatoms. The predicted octanol–water partition coefficient (Wildman–Crippen LogP) is 0.633. The van der Waals surface area contributed by atoms with Crippen LogP contribution >= 0.6 is 0 Å². The Balaban J connectivity index is 2.16. The van der Waals surface area contributed by atoms with Gasteiger partial charge in [-0.15, -0.1) is 0 Å². The molecular weight excluding hydrogens is 242 g/mol. The highest BCUT2D eigenvalue weighted by atomic mass is 16.2. The zero-order chi connectivity index (χ0) is 13.9. The maximum atomic E-state index is 12.9. The Kier molecular flexibility index (Phi) is 4.45. The average Bonchev–Trinajstić information content (AvgIpc) is 3.06. The number of amides is 2. The predicted molar refractivity (Wildman–Crippen MR) is 73.4 cm³/mol. The van der Waals surface area contributed by atoms with Gasteiger partial charge in [0.05, 0.1) is 12.0 Å². The van der Waals surface area contributed by atoms with Crippen molar-refractivity contribution >= 4 is 11.8 Å². The lowest BCUT2D eigenvalue weighted by molar-refractivity contribution is -0.146.